The van der Waals surface area contributed by atoms with Crippen LogP contribution < -0.4 is 4.90 Å². The van der Waals surface area contributed by atoms with Gasteiger partial charge in [-0.3, -0.25) is 9.78 Å². The fourth-order valence-electron chi connectivity index (χ4n) is 5.17. The first-order valence-corrected chi connectivity index (χ1v) is 13.2. The van der Waals surface area contributed by atoms with Gasteiger partial charge in [0.2, 0.25) is 5.91 Å². The number of anilines is 1. The maximum Gasteiger partial charge on any atom is 0.282 e. The summed E-state index contributed by atoms with van der Waals surface area (Å²) < 4.78 is 34.7. The number of halogens is 1. The number of pyridine rings is 1. The van der Waals surface area contributed by atoms with Gasteiger partial charge in [-0.05, 0) is 29.7 Å². The van der Waals surface area contributed by atoms with Crippen LogP contribution in [0.5, 0.6) is 0 Å². The summed E-state index contributed by atoms with van der Waals surface area (Å²) in [5.74, 6) is -0.140. The van der Waals surface area contributed by atoms with Crippen molar-refractivity contribution in [1.82, 2.24) is 13.6 Å². The molecule has 8 nitrogen and oxygen atoms in total. The average molecular weight is 515 g/mol. The fraction of sp³-hybridized carbons (Fsp3) is 0.360. The zero-order chi connectivity index (χ0) is 24.8. The highest BCUT2D eigenvalue weighted by Crippen LogP contribution is 2.45. The van der Waals surface area contributed by atoms with Crippen LogP contribution in [0.2, 0.25) is 5.02 Å². The highest BCUT2D eigenvalue weighted by molar-refractivity contribution is 7.86. The number of methoxy groups -OCH3 is 1. The molecule has 1 aromatic heterocycles. The lowest BCUT2D eigenvalue weighted by Gasteiger charge is -2.41. The Balaban J connectivity index is 1.58. The van der Waals surface area contributed by atoms with Crippen molar-refractivity contribution in [3.05, 3.63) is 71.0 Å². The van der Waals surface area contributed by atoms with E-state index in [1.807, 2.05) is 36.4 Å². The van der Waals surface area contributed by atoms with Gasteiger partial charge in [0.1, 0.15) is 0 Å². The minimum atomic E-state index is -3.82. The summed E-state index contributed by atoms with van der Waals surface area (Å²) in [6, 6.07) is 13.2. The molecule has 3 aromatic rings. The third-order valence-corrected chi connectivity index (χ3v) is 9.18. The quantitative estimate of drug-likeness (QED) is 0.504. The first-order chi connectivity index (χ1) is 16.8. The van der Waals surface area contributed by atoms with E-state index in [2.05, 4.69) is 4.98 Å². The maximum absolute atomic E-state index is 14.2. The van der Waals surface area contributed by atoms with E-state index in [-0.39, 0.29) is 32.1 Å². The molecule has 184 valence electrons. The molecular formula is C25H27ClN4O4S. The number of hydrogen-bond donors (Lipinski definition) is 0. The number of carbonyl (C=O) groups excluding carboxylic acids is 1. The van der Waals surface area contributed by atoms with Gasteiger partial charge in [0.25, 0.3) is 10.2 Å². The summed E-state index contributed by atoms with van der Waals surface area (Å²) in [6.07, 6.45) is 3.94. The Morgan fingerprint density at radius 2 is 2.00 bits per heavy atom. The van der Waals surface area contributed by atoms with Crippen LogP contribution in [0.3, 0.4) is 0 Å². The largest absolute Gasteiger partial charge is 0.383 e. The molecule has 1 amide bonds. The molecule has 0 saturated carbocycles. The number of amides is 1. The lowest BCUT2D eigenvalue weighted by molar-refractivity contribution is -0.122. The van der Waals surface area contributed by atoms with Crippen molar-refractivity contribution in [1.29, 1.82) is 0 Å². The molecule has 1 fully saturated rings. The van der Waals surface area contributed by atoms with E-state index < -0.39 is 15.6 Å². The van der Waals surface area contributed by atoms with Crippen molar-refractivity contribution >= 4 is 44.2 Å². The molecule has 1 atom stereocenters. The van der Waals surface area contributed by atoms with E-state index >= 15 is 0 Å². The number of likely N-dealkylation sites (N-methyl/N-ethyl adjacent to an activating group) is 1. The topological polar surface area (TPSA) is 83.1 Å². The number of hydrogen-bond acceptors (Lipinski definition) is 5. The minimum absolute atomic E-state index is 0.0491. The van der Waals surface area contributed by atoms with E-state index in [0.29, 0.717) is 18.0 Å². The van der Waals surface area contributed by atoms with Crippen LogP contribution in [0.15, 0.2) is 54.9 Å². The zero-order valence-electron chi connectivity index (χ0n) is 19.6. The van der Waals surface area contributed by atoms with Gasteiger partial charge in [0.15, 0.2) is 0 Å². The Hall–Kier alpha value is -2.56. The molecule has 10 heteroatoms. The Labute approximate surface area is 210 Å². The number of ether oxygens (including phenoxy) is 1. The van der Waals surface area contributed by atoms with Crippen LogP contribution in [0, 0.1) is 0 Å². The molecule has 1 saturated heterocycles. The molecule has 0 aliphatic carbocycles. The van der Waals surface area contributed by atoms with E-state index in [9.17, 15) is 13.2 Å². The molecular weight excluding hydrogens is 488 g/mol. The lowest BCUT2D eigenvalue weighted by Crippen LogP contribution is -2.54. The van der Waals surface area contributed by atoms with Gasteiger partial charge in [0.05, 0.1) is 23.9 Å². The normalized spacial score (nSPS) is 20.8. The third kappa shape index (κ3) is 4.01. The SMILES string of the molecule is COCCN(C)S(=O)(=O)N1Cc2ccc(Cl)cc2C2(CCN(c3cncc4ccccc34)C2=O)C1. The van der Waals surface area contributed by atoms with Crippen LogP contribution in [0.25, 0.3) is 10.8 Å². The van der Waals surface area contributed by atoms with Crippen LogP contribution in [-0.4, -0.2) is 68.3 Å². The predicted molar refractivity (Wildman–Crippen MR) is 136 cm³/mol. The smallest absolute Gasteiger partial charge is 0.282 e. The van der Waals surface area contributed by atoms with E-state index in [1.165, 1.54) is 22.8 Å². The summed E-state index contributed by atoms with van der Waals surface area (Å²) in [4.78, 5) is 20.3. The van der Waals surface area contributed by atoms with Gasteiger partial charge < -0.3 is 9.64 Å². The van der Waals surface area contributed by atoms with Crippen LogP contribution in [0.4, 0.5) is 5.69 Å². The summed E-state index contributed by atoms with van der Waals surface area (Å²) >= 11 is 6.36. The van der Waals surface area contributed by atoms with Crippen molar-refractivity contribution in [2.45, 2.75) is 18.4 Å². The van der Waals surface area contributed by atoms with Crippen LogP contribution in [0.1, 0.15) is 17.5 Å². The Bertz CT molecular complexity index is 1390. The zero-order valence-corrected chi connectivity index (χ0v) is 21.2. The first-order valence-electron chi connectivity index (χ1n) is 11.4. The number of fused-ring (bicyclic) bond motifs is 3. The number of benzene rings is 2. The standard InChI is InChI=1S/C25H27ClN4O4S/c1-28(11-12-34-2)35(32,33)29-16-19-7-8-20(26)13-22(19)25(17-29)9-10-30(24(25)31)23-15-27-14-18-5-3-4-6-21(18)23/h3-8,13-15H,9-12,16-17H2,1-2H3. The molecule has 35 heavy (non-hydrogen) atoms. The number of carbonyl (C=O) groups is 1. The molecule has 1 spiro atoms. The van der Waals surface area contributed by atoms with E-state index in [1.54, 1.807) is 23.4 Å². The fourth-order valence-corrected chi connectivity index (χ4v) is 6.73. The molecule has 2 aromatic carbocycles. The van der Waals surface area contributed by atoms with E-state index in [4.69, 9.17) is 16.3 Å². The minimum Gasteiger partial charge on any atom is -0.383 e. The molecule has 2 aliphatic rings. The molecule has 5 rings (SSSR count). The number of rotatable bonds is 6. The second-order valence-corrected chi connectivity index (χ2v) is 11.5. The van der Waals surface area contributed by atoms with Gasteiger partial charge in [-0.1, -0.05) is 41.9 Å². The van der Waals surface area contributed by atoms with Crippen LogP contribution in [-0.2, 0) is 31.7 Å². The van der Waals surface area contributed by atoms with Gasteiger partial charge in [-0.25, -0.2) is 0 Å². The predicted octanol–water partition coefficient (Wildman–Crippen LogP) is 3.20. The van der Waals surface area contributed by atoms with Crippen molar-refractivity contribution in [3.63, 3.8) is 0 Å². The van der Waals surface area contributed by atoms with Crippen molar-refractivity contribution in [3.8, 4) is 0 Å². The third-order valence-electron chi connectivity index (χ3n) is 7.07. The molecule has 2 aliphatic heterocycles. The lowest BCUT2D eigenvalue weighted by atomic mass is 9.74. The van der Waals surface area contributed by atoms with Crippen molar-refractivity contribution in [2.24, 2.45) is 0 Å². The van der Waals surface area contributed by atoms with Crippen molar-refractivity contribution < 1.29 is 17.9 Å². The van der Waals surface area contributed by atoms with Gasteiger partial charge in [-0.2, -0.15) is 17.0 Å². The Morgan fingerprint density at radius 1 is 1.20 bits per heavy atom. The molecule has 0 radical (unpaired) electrons. The molecule has 1 unspecified atom stereocenters. The molecule has 0 N–H and O–H groups in total. The maximum atomic E-state index is 14.2. The Morgan fingerprint density at radius 3 is 2.80 bits per heavy atom. The van der Waals surface area contributed by atoms with Gasteiger partial charge in [-0.15, -0.1) is 0 Å². The summed E-state index contributed by atoms with van der Waals surface area (Å²) in [5, 5.41) is 2.39. The highest BCUT2D eigenvalue weighted by Gasteiger charge is 2.54. The van der Waals surface area contributed by atoms with Gasteiger partial charge in [0, 0.05) is 62.3 Å². The summed E-state index contributed by atoms with van der Waals surface area (Å²) in [7, 11) is -0.757. The van der Waals surface area contributed by atoms with Crippen LogP contribution >= 0.6 is 11.6 Å². The Kier molecular flexibility index (Phi) is 6.31. The second-order valence-electron chi connectivity index (χ2n) is 9.06. The summed E-state index contributed by atoms with van der Waals surface area (Å²) in [6.45, 7) is 1.18. The molecule has 3 heterocycles. The second kappa shape index (κ2) is 9.15. The molecule has 0 bridgehead atoms. The number of nitrogens with zero attached hydrogens (tertiary/aromatic N) is 4. The monoisotopic (exact) mass is 514 g/mol. The highest BCUT2D eigenvalue weighted by atomic mass is 35.5. The first kappa shape index (κ1) is 24.1. The summed E-state index contributed by atoms with van der Waals surface area (Å²) in [5.41, 5.74) is 1.28. The van der Waals surface area contributed by atoms with Crippen molar-refractivity contribution in [2.75, 3.05) is 45.3 Å². The van der Waals surface area contributed by atoms with Gasteiger partial charge >= 0.3 is 0 Å². The van der Waals surface area contributed by atoms with E-state index in [0.717, 1.165) is 27.6 Å². The average Bonchev–Trinajstić information content (AvgIpc) is 3.18. The number of aromatic nitrogens is 1.